The zero-order chi connectivity index (χ0) is 67.6. The van der Waals surface area contributed by atoms with E-state index in [2.05, 4.69) is 314 Å². The first kappa shape index (κ1) is 58.0. The van der Waals surface area contributed by atoms with E-state index in [4.69, 9.17) is 15.0 Å². The number of rotatable bonds is 3. The van der Waals surface area contributed by atoms with Crippen LogP contribution in [-0.2, 0) is 0 Å². The first-order valence-corrected chi connectivity index (χ1v) is 37.8. The molecule has 6 heterocycles. The van der Waals surface area contributed by atoms with Crippen molar-refractivity contribution in [1.29, 1.82) is 0 Å². The molecule has 0 amide bonds. The van der Waals surface area contributed by atoms with Crippen molar-refractivity contribution in [1.82, 2.24) is 28.7 Å². The van der Waals surface area contributed by atoms with Gasteiger partial charge in [0.25, 0.3) is 0 Å². The average molecular weight is 1370 g/mol. The Hall–Kier alpha value is -11.7. The van der Waals surface area contributed by atoms with E-state index in [0.29, 0.717) is 5.92 Å². The van der Waals surface area contributed by atoms with Crippen LogP contribution in [0.2, 0.25) is 0 Å². The number of nitrogens with zero attached hydrogens (tertiary/aromatic N) is 6. The van der Waals surface area contributed by atoms with E-state index in [1.165, 1.54) is 200 Å². The lowest BCUT2D eigenvalue weighted by Gasteiger charge is -2.37. The van der Waals surface area contributed by atoms with Crippen LogP contribution in [-0.4, -0.2) is 28.7 Å². The molecular formula is C94H58N6S3. The molecule has 482 valence electrons. The van der Waals surface area contributed by atoms with Gasteiger partial charge in [-0.25, -0.2) is 15.0 Å². The first-order valence-electron chi connectivity index (χ1n) is 35.4. The maximum absolute atomic E-state index is 4.82. The molecule has 17 aromatic rings. The van der Waals surface area contributed by atoms with E-state index >= 15 is 0 Å². The minimum absolute atomic E-state index is 0.356. The van der Waals surface area contributed by atoms with Gasteiger partial charge in [0.1, 0.15) is 17.5 Å². The second-order valence-electron chi connectivity index (χ2n) is 28.0. The van der Waals surface area contributed by atoms with Crippen LogP contribution in [0.15, 0.2) is 336 Å². The van der Waals surface area contributed by atoms with E-state index in [9.17, 15) is 0 Å². The Morgan fingerprint density at radius 2 is 0.835 bits per heavy atom. The smallest absolute Gasteiger partial charge is 0.111 e. The van der Waals surface area contributed by atoms with E-state index in [1.807, 2.05) is 35.3 Å². The number of hydrogen-bond acceptors (Lipinski definition) is 6. The molecule has 103 heavy (non-hydrogen) atoms. The summed E-state index contributed by atoms with van der Waals surface area (Å²) in [4.78, 5) is 22.1. The van der Waals surface area contributed by atoms with Crippen LogP contribution in [0.25, 0.3) is 154 Å². The van der Waals surface area contributed by atoms with Crippen molar-refractivity contribution in [2.24, 2.45) is 5.92 Å². The normalized spacial score (nSPS) is 15.6. The minimum atomic E-state index is 0.356. The van der Waals surface area contributed by atoms with Crippen LogP contribution >= 0.6 is 35.3 Å². The van der Waals surface area contributed by atoms with Crippen molar-refractivity contribution in [3.05, 3.63) is 330 Å². The summed E-state index contributed by atoms with van der Waals surface area (Å²) >= 11 is 5.57. The van der Waals surface area contributed by atoms with Gasteiger partial charge in [-0.05, 0) is 237 Å². The van der Waals surface area contributed by atoms with Crippen LogP contribution in [0.3, 0.4) is 0 Å². The summed E-state index contributed by atoms with van der Waals surface area (Å²) in [6, 6.07) is 85.0. The Labute approximate surface area is 606 Å². The number of fused-ring (bicyclic) bond motifs is 11. The predicted molar refractivity (Wildman–Crippen MR) is 429 cm³/mol. The topological polar surface area (TPSA) is 53.5 Å². The van der Waals surface area contributed by atoms with Crippen LogP contribution in [0, 0.1) is 26.7 Å². The lowest BCUT2D eigenvalue weighted by Crippen LogP contribution is -2.22. The van der Waals surface area contributed by atoms with Crippen molar-refractivity contribution in [3.63, 3.8) is 0 Å². The van der Waals surface area contributed by atoms with Crippen LogP contribution in [0.1, 0.15) is 29.5 Å². The second kappa shape index (κ2) is 21.7. The van der Waals surface area contributed by atoms with Crippen molar-refractivity contribution in [3.8, 4) is 61.6 Å². The standard InChI is InChI=1S/C34H20N2S.C30H20N2S.C30H18N2S/c1-19-35-28-12-5-13-30-34(28)36(19)29-17-14-21(18-31(29)37-30)22-15-16-27-25-9-3-7-20-6-2-8-24(32(20)25)26-11-4-10-23(22)33(26)27;1-17-31-24-9-4-10-26-30(24)32(17)25-14-13-20(16-27(25)33-26)23-15-21-7-2-5-18-11-12-19-6-3-8-22(23)29(19)28(18)21;1-17-31-25-10-5-11-27-30(25)32(17)26-15-12-18(16-28(26)33-27)19-13-14-24-21-7-3-2-6-20(21)23-9-4-8-22(19)29(23)24/h2-18H,1H3;2-6,8-16,29H,7H2,1H3;2-16H,1H3. The molecule has 3 aromatic heterocycles. The molecule has 0 saturated heterocycles. The van der Waals surface area contributed by atoms with Gasteiger partial charge in [0.05, 0.1) is 50.2 Å². The average Bonchev–Trinajstić information content (AvgIpc) is 1.70. The highest BCUT2D eigenvalue weighted by atomic mass is 32.2. The highest BCUT2D eigenvalue weighted by Gasteiger charge is 2.36. The van der Waals surface area contributed by atoms with Gasteiger partial charge < -0.3 is 0 Å². The molecule has 8 aliphatic rings. The molecule has 0 fully saturated rings. The number of para-hydroxylation sites is 3. The molecule has 0 bridgehead atoms. The zero-order valence-corrected chi connectivity index (χ0v) is 58.7. The van der Waals surface area contributed by atoms with Crippen LogP contribution < -0.4 is 0 Å². The minimum Gasteiger partial charge on any atom is -0.294 e. The number of allylic oxidation sites excluding steroid dienone is 14. The van der Waals surface area contributed by atoms with Crippen molar-refractivity contribution in [2.75, 3.05) is 0 Å². The molecule has 1 atom stereocenters. The lowest BCUT2D eigenvalue weighted by atomic mass is 9.66. The van der Waals surface area contributed by atoms with Gasteiger partial charge in [-0.2, -0.15) is 0 Å². The Morgan fingerprint density at radius 3 is 1.43 bits per heavy atom. The summed E-state index contributed by atoms with van der Waals surface area (Å²) in [6.45, 7) is 6.30. The van der Waals surface area contributed by atoms with Gasteiger partial charge in [0.2, 0.25) is 0 Å². The van der Waals surface area contributed by atoms with Crippen LogP contribution in [0.5, 0.6) is 0 Å². The van der Waals surface area contributed by atoms with Crippen LogP contribution in [0.4, 0.5) is 0 Å². The molecule has 3 aliphatic heterocycles. The van der Waals surface area contributed by atoms with Gasteiger partial charge in [0.15, 0.2) is 0 Å². The van der Waals surface area contributed by atoms with Crippen molar-refractivity contribution >= 4 is 128 Å². The summed E-state index contributed by atoms with van der Waals surface area (Å²) in [6.07, 6.45) is 19.4. The molecule has 0 N–H and O–H groups in total. The van der Waals surface area contributed by atoms with Gasteiger partial charge in [-0.15, -0.1) is 0 Å². The van der Waals surface area contributed by atoms with E-state index in [1.54, 1.807) is 0 Å². The third-order valence-corrected chi connectivity index (χ3v) is 25.9. The highest BCUT2D eigenvalue weighted by molar-refractivity contribution is 8.00. The van der Waals surface area contributed by atoms with E-state index in [0.717, 1.165) is 40.4 Å². The first-order chi connectivity index (χ1) is 50.8. The quantitative estimate of drug-likeness (QED) is 0.130. The molecule has 0 radical (unpaired) electrons. The molecule has 14 aromatic carbocycles. The zero-order valence-electron chi connectivity index (χ0n) is 56.3. The highest BCUT2D eigenvalue weighted by Crippen LogP contribution is 2.55. The molecular weight excluding hydrogens is 1310 g/mol. The molecule has 9 heteroatoms. The van der Waals surface area contributed by atoms with Crippen molar-refractivity contribution < 1.29 is 0 Å². The SMILES string of the molecule is Cc1nc2cccc3c2n1-c1ccc(-c2ccc4c5c(cccc25)-c2ccccc2-4)cc1S3.Cc1nc2cccc3c2n1-c1ccc(-c2ccc4c5cccc6cccc(c7cccc2c74)c65)cc1S3.Cc1nc2cccc3c2n1-c1ccc(C2=C4C=CC=C5C=CC6=C(C(=C2)CC=C6)C54)cc1S3. The number of imidazole rings is 3. The van der Waals surface area contributed by atoms with E-state index < -0.39 is 0 Å². The Morgan fingerprint density at radius 1 is 0.369 bits per heavy atom. The van der Waals surface area contributed by atoms with Crippen molar-refractivity contribution in [2.45, 2.75) is 56.6 Å². The summed E-state index contributed by atoms with van der Waals surface area (Å²) in [5, 5.41) is 13.4. The number of hydrogen-bond donors (Lipinski definition) is 0. The maximum Gasteiger partial charge on any atom is 0.111 e. The maximum atomic E-state index is 4.82. The second-order valence-corrected chi connectivity index (χ2v) is 31.3. The summed E-state index contributed by atoms with van der Waals surface area (Å²) < 4.78 is 6.95. The molecule has 0 spiro atoms. The monoisotopic (exact) mass is 1370 g/mol. The Bertz CT molecular complexity index is 6950. The summed E-state index contributed by atoms with van der Waals surface area (Å²) in [5.74, 6) is 3.47. The fraction of sp³-hybridized carbons (Fsp3) is 0.0532. The van der Waals surface area contributed by atoms with Gasteiger partial charge >= 0.3 is 0 Å². The number of benzene rings is 14. The predicted octanol–water partition coefficient (Wildman–Crippen LogP) is 25.2. The Kier molecular flexibility index (Phi) is 12.2. The molecule has 5 aliphatic carbocycles. The third-order valence-electron chi connectivity index (χ3n) is 22.6. The summed E-state index contributed by atoms with van der Waals surface area (Å²) in [7, 11) is 0. The Balaban J connectivity index is 0.0000000950. The summed E-state index contributed by atoms with van der Waals surface area (Å²) in [5.41, 5.74) is 30.8. The van der Waals surface area contributed by atoms with Gasteiger partial charge in [-0.1, -0.05) is 242 Å². The number of aryl methyl sites for hydroxylation is 3. The van der Waals surface area contributed by atoms with E-state index in [-0.39, 0.29) is 0 Å². The lowest BCUT2D eigenvalue weighted by molar-refractivity contribution is 0.836. The molecule has 0 saturated carbocycles. The molecule has 6 nitrogen and oxygen atoms in total. The fourth-order valence-electron chi connectivity index (χ4n) is 18.3. The molecule has 25 rings (SSSR count). The third kappa shape index (κ3) is 8.29. The van der Waals surface area contributed by atoms with Gasteiger partial charge in [0, 0.05) is 35.3 Å². The van der Waals surface area contributed by atoms with Gasteiger partial charge in [-0.3, -0.25) is 13.7 Å². The largest absolute Gasteiger partial charge is 0.294 e. The number of aromatic nitrogens is 6. The molecule has 1 unspecified atom stereocenters. The fourth-order valence-corrected chi connectivity index (χ4v) is 21.7.